The van der Waals surface area contributed by atoms with Crippen LogP contribution < -0.4 is 14.8 Å². The molecule has 0 spiro atoms. The Kier molecular flexibility index (Phi) is 7.17. The Bertz CT molecular complexity index is 1000. The Balaban J connectivity index is 1.83. The summed E-state index contributed by atoms with van der Waals surface area (Å²) in [5.41, 5.74) is 5.76. The molecule has 0 radical (unpaired) electrons. The largest absolute Gasteiger partial charge is 0.494 e. The normalized spacial score (nSPS) is 14.8. The first-order chi connectivity index (χ1) is 14.8. The molecule has 9 heteroatoms. The number of piperidine rings is 1. The third kappa shape index (κ3) is 5.35. The van der Waals surface area contributed by atoms with E-state index in [1.54, 1.807) is 47.4 Å². The van der Waals surface area contributed by atoms with Crippen LogP contribution in [0.5, 0.6) is 5.75 Å². The van der Waals surface area contributed by atoms with Gasteiger partial charge in [-0.15, -0.1) is 0 Å². The Morgan fingerprint density at radius 2 is 1.68 bits per heavy atom. The van der Waals surface area contributed by atoms with E-state index < -0.39 is 10.0 Å². The topological polar surface area (TPSA) is 110 Å². The van der Waals surface area contributed by atoms with Crippen LogP contribution in [0, 0.1) is 5.92 Å². The molecule has 2 amide bonds. The molecule has 1 aliphatic rings. The van der Waals surface area contributed by atoms with Crippen LogP contribution in [0.4, 0.5) is 5.69 Å². The summed E-state index contributed by atoms with van der Waals surface area (Å²) in [6, 6.07) is 14.7. The summed E-state index contributed by atoms with van der Waals surface area (Å²) in [7, 11) is -3.99. The molecule has 166 valence electrons. The van der Waals surface area contributed by atoms with Crippen molar-refractivity contribution in [3.05, 3.63) is 54.6 Å². The van der Waals surface area contributed by atoms with Crippen molar-refractivity contribution in [2.24, 2.45) is 11.7 Å². The van der Waals surface area contributed by atoms with Crippen molar-refractivity contribution in [2.45, 2.75) is 24.7 Å². The number of anilines is 1. The van der Waals surface area contributed by atoms with Crippen LogP contribution in [0.2, 0.25) is 0 Å². The fourth-order valence-electron chi connectivity index (χ4n) is 3.55. The van der Waals surface area contributed by atoms with Gasteiger partial charge in [0.15, 0.2) is 0 Å². The summed E-state index contributed by atoms with van der Waals surface area (Å²) in [6.07, 6.45) is 0.968. The number of benzene rings is 2. The van der Waals surface area contributed by atoms with Crippen molar-refractivity contribution in [2.75, 3.05) is 30.5 Å². The molecule has 0 aliphatic carbocycles. The van der Waals surface area contributed by atoms with Crippen molar-refractivity contribution >= 4 is 27.5 Å². The van der Waals surface area contributed by atoms with Crippen molar-refractivity contribution in [3.8, 4) is 5.75 Å². The molecule has 0 saturated carbocycles. The minimum absolute atomic E-state index is 0.0695. The van der Waals surface area contributed by atoms with Gasteiger partial charge in [0.1, 0.15) is 12.3 Å². The molecule has 1 aliphatic heterocycles. The lowest BCUT2D eigenvalue weighted by Crippen LogP contribution is -2.47. The number of nitrogens with two attached hydrogens (primary N) is 1. The lowest BCUT2D eigenvalue weighted by Gasteiger charge is -2.33. The fraction of sp³-hybridized carbons (Fsp3) is 0.364. The lowest BCUT2D eigenvalue weighted by atomic mass is 9.96. The summed E-state index contributed by atoms with van der Waals surface area (Å²) in [4.78, 5) is 26.0. The molecule has 8 nitrogen and oxygen atoms in total. The molecule has 31 heavy (non-hydrogen) atoms. The van der Waals surface area contributed by atoms with Crippen LogP contribution in [0.15, 0.2) is 59.5 Å². The molecule has 2 aromatic rings. The zero-order valence-electron chi connectivity index (χ0n) is 17.4. The number of likely N-dealkylation sites (tertiary alicyclic amines) is 1. The van der Waals surface area contributed by atoms with E-state index in [0.717, 1.165) is 4.31 Å². The van der Waals surface area contributed by atoms with Gasteiger partial charge >= 0.3 is 0 Å². The number of sulfonamides is 1. The maximum absolute atomic E-state index is 13.4. The Morgan fingerprint density at radius 1 is 1.06 bits per heavy atom. The molecular formula is C22H27N3O5S. The second-order valence-corrected chi connectivity index (χ2v) is 9.17. The van der Waals surface area contributed by atoms with Crippen LogP contribution in [0.1, 0.15) is 19.8 Å². The summed E-state index contributed by atoms with van der Waals surface area (Å²) in [5.74, 6) is -0.361. The predicted octanol–water partition coefficient (Wildman–Crippen LogP) is 2.00. The summed E-state index contributed by atoms with van der Waals surface area (Å²) in [5, 5.41) is 0. The number of hydrogen-bond acceptors (Lipinski definition) is 5. The zero-order valence-corrected chi connectivity index (χ0v) is 18.3. The molecule has 3 rings (SSSR count). The van der Waals surface area contributed by atoms with Gasteiger partial charge in [0.2, 0.25) is 11.8 Å². The highest BCUT2D eigenvalue weighted by atomic mass is 32.2. The average molecular weight is 446 g/mol. The minimum atomic E-state index is -3.99. The van der Waals surface area contributed by atoms with Gasteiger partial charge in [-0.2, -0.15) is 0 Å². The van der Waals surface area contributed by atoms with Crippen LogP contribution in [0.3, 0.4) is 0 Å². The number of carbonyl (C=O) groups excluding carboxylic acids is 2. The first kappa shape index (κ1) is 22.6. The first-order valence-electron chi connectivity index (χ1n) is 10.2. The van der Waals surface area contributed by atoms with E-state index in [1.165, 1.54) is 12.1 Å². The van der Waals surface area contributed by atoms with Crippen LogP contribution in [-0.2, 0) is 19.6 Å². The third-order valence-corrected chi connectivity index (χ3v) is 7.08. The molecule has 0 aromatic heterocycles. The maximum Gasteiger partial charge on any atom is 0.264 e. The van der Waals surface area contributed by atoms with Gasteiger partial charge in [-0.05, 0) is 56.2 Å². The smallest absolute Gasteiger partial charge is 0.264 e. The predicted molar refractivity (Wildman–Crippen MR) is 117 cm³/mol. The number of primary amides is 1. The van der Waals surface area contributed by atoms with E-state index in [9.17, 15) is 18.0 Å². The zero-order chi connectivity index (χ0) is 22.4. The number of amides is 2. The SMILES string of the molecule is CCOc1ccc(S(=O)(=O)N(CC(=O)N2CCC(C(N)=O)CC2)c2ccccc2)cc1. The van der Waals surface area contributed by atoms with E-state index in [4.69, 9.17) is 10.5 Å². The number of nitrogens with zero attached hydrogens (tertiary/aromatic N) is 2. The third-order valence-electron chi connectivity index (χ3n) is 5.30. The summed E-state index contributed by atoms with van der Waals surface area (Å²) >= 11 is 0. The number of hydrogen-bond donors (Lipinski definition) is 1. The highest BCUT2D eigenvalue weighted by Crippen LogP contribution is 2.26. The second-order valence-electron chi connectivity index (χ2n) is 7.31. The standard InChI is InChI=1S/C22H27N3O5S/c1-2-30-19-8-10-20(11-9-19)31(28,29)25(18-6-4-3-5-7-18)16-21(26)24-14-12-17(13-15-24)22(23)27/h3-11,17H,2,12-16H2,1H3,(H2,23,27). The van der Waals surface area contributed by atoms with E-state index in [1.807, 2.05) is 6.92 Å². The molecule has 0 bridgehead atoms. The van der Waals surface area contributed by atoms with Gasteiger partial charge in [-0.3, -0.25) is 13.9 Å². The quantitative estimate of drug-likeness (QED) is 0.668. The maximum atomic E-state index is 13.4. The minimum Gasteiger partial charge on any atom is -0.494 e. The lowest BCUT2D eigenvalue weighted by molar-refractivity contribution is -0.133. The van der Waals surface area contributed by atoms with Crippen molar-refractivity contribution in [1.29, 1.82) is 0 Å². The van der Waals surface area contributed by atoms with Gasteiger partial charge in [-0.25, -0.2) is 8.42 Å². The van der Waals surface area contributed by atoms with Crippen molar-refractivity contribution in [1.82, 2.24) is 4.90 Å². The van der Waals surface area contributed by atoms with Gasteiger partial charge in [-0.1, -0.05) is 18.2 Å². The fourth-order valence-corrected chi connectivity index (χ4v) is 4.96. The van der Waals surface area contributed by atoms with Crippen molar-refractivity contribution in [3.63, 3.8) is 0 Å². The van der Waals surface area contributed by atoms with Crippen LogP contribution in [0.25, 0.3) is 0 Å². The van der Waals surface area contributed by atoms with E-state index in [2.05, 4.69) is 0 Å². The molecule has 1 fully saturated rings. The molecule has 0 unspecified atom stereocenters. The van der Waals surface area contributed by atoms with E-state index in [0.29, 0.717) is 44.0 Å². The van der Waals surface area contributed by atoms with E-state index >= 15 is 0 Å². The summed E-state index contributed by atoms with van der Waals surface area (Å²) < 4.78 is 33.3. The highest BCUT2D eigenvalue weighted by molar-refractivity contribution is 7.92. The van der Waals surface area contributed by atoms with Gasteiger partial charge in [0.05, 0.1) is 17.2 Å². The average Bonchev–Trinajstić information content (AvgIpc) is 2.78. The van der Waals surface area contributed by atoms with Crippen LogP contribution >= 0.6 is 0 Å². The summed E-state index contributed by atoms with van der Waals surface area (Å²) in [6.45, 7) is 2.74. The van der Waals surface area contributed by atoms with Crippen molar-refractivity contribution < 1.29 is 22.7 Å². The monoisotopic (exact) mass is 445 g/mol. The molecule has 0 atom stereocenters. The Hall–Kier alpha value is -3.07. The number of ether oxygens (including phenoxy) is 1. The van der Waals surface area contributed by atoms with Gasteiger partial charge in [0.25, 0.3) is 10.0 Å². The molecule has 2 N–H and O–H groups in total. The molecular weight excluding hydrogens is 418 g/mol. The molecule has 1 heterocycles. The van der Waals surface area contributed by atoms with E-state index in [-0.39, 0.29) is 29.2 Å². The number of para-hydroxylation sites is 1. The van der Waals surface area contributed by atoms with Gasteiger partial charge in [0, 0.05) is 19.0 Å². The molecule has 1 saturated heterocycles. The van der Waals surface area contributed by atoms with Gasteiger partial charge < -0.3 is 15.4 Å². The van der Waals surface area contributed by atoms with Crippen LogP contribution in [-0.4, -0.2) is 51.4 Å². The Morgan fingerprint density at radius 3 is 2.23 bits per heavy atom. The Labute approximate surface area is 182 Å². The second kappa shape index (κ2) is 9.82. The first-order valence-corrected chi connectivity index (χ1v) is 11.6. The molecule has 2 aromatic carbocycles. The highest BCUT2D eigenvalue weighted by Gasteiger charge is 2.31. The number of rotatable bonds is 8. The number of carbonyl (C=O) groups is 2.